The number of hydrogen-bond donors (Lipinski definition) is 0. The van der Waals surface area contributed by atoms with Gasteiger partial charge >= 0.3 is 165 Å². The van der Waals surface area contributed by atoms with E-state index in [9.17, 15) is 0 Å². The first-order chi connectivity index (χ1) is 14.0. The second kappa shape index (κ2) is 0.979. The Balaban J connectivity index is 0.0000000820. The van der Waals surface area contributed by atoms with E-state index in [1.54, 1.807) is 122 Å². The van der Waals surface area contributed by atoms with Gasteiger partial charge in [-0.2, -0.15) is 0 Å². The zero-order chi connectivity index (χ0) is 18.4. The first-order valence-electron chi connectivity index (χ1n) is 14.4. The van der Waals surface area contributed by atoms with Crippen molar-refractivity contribution in [3.05, 3.63) is 0 Å². The molecular formula is C26H36Fe2Si2. The van der Waals surface area contributed by atoms with Gasteiger partial charge in [-0.3, -0.25) is 0 Å². The quantitative estimate of drug-likeness (QED) is 0.263. The minimum atomic E-state index is -2.62. The summed E-state index contributed by atoms with van der Waals surface area (Å²) in [5.41, 5.74) is 0. The number of unbranched alkanes of at least 4 members (excludes halogenated alkanes) is 1. The van der Waals surface area contributed by atoms with Crippen molar-refractivity contribution in [3.8, 4) is 0 Å². The van der Waals surface area contributed by atoms with Crippen LogP contribution >= 0.6 is 0 Å². The van der Waals surface area contributed by atoms with Crippen LogP contribution < -0.4 is 0 Å². The third-order valence-corrected chi connectivity index (χ3v) is 130. The van der Waals surface area contributed by atoms with Crippen molar-refractivity contribution in [2.24, 2.45) is 0 Å². The summed E-state index contributed by atoms with van der Waals surface area (Å²) in [6.45, 7) is 0.0884. The third-order valence-electron chi connectivity index (χ3n) is 32.0. The fraction of sp³-hybridized carbons (Fsp3) is 1.00. The van der Waals surface area contributed by atoms with Crippen molar-refractivity contribution in [2.75, 3.05) is 0 Å². The maximum absolute atomic E-state index is 2.62. The molecule has 20 fully saturated rings. The molecule has 0 amide bonds. The predicted molar refractivity (Wildman–Crippen MR) is 120 cm³/mol. The Morgan fingerprint density at radius 2 is 1.03 bits per heavy atom. The molecule has 0 nitrogen and oxygen atoms in total. The number of hydrogen-bond acceptors (Lipinski definition) is 0. The van der Waals surface area contributed by atoms with E-state index >= 15 is 0 Å². The molecule has 0 saturated carbocycles. The molecule has 2 spiro atoms. The van der Waals surface area contributed by atoms with E-state index in [0.717, 1.165) is 0 Å². The van der Waals surface area contributed by atoms with Crippen molar-refractivity contribution in [3.63, 3.8) is 0 Å². The van der Waals surface area contributed by atoms with E-state index in [0.29, 0.717) is 0 Å². The molecule has 0 aromatic heterocycles. The summed E-state index contributed by atoms with van der Waals surface area (Å²) in [5.74, 6) is 0. The van der Waals surface area contributed by atoms with Crippen LogP contribution in [0, 0.1) is 0 Å². The van der Waals surface area contributed by atoms with Gasteiger partial charge in [-0.15, -0.1) is 0 Å². The number of fused-ring (bicyclic) bond motifs is 20. The van der Waals surface area contributed by atoms with Crippen LogP contribution in [-0.2, 0) is 13.0 Å². The molecule has 0 radical (unpaired) electrons. The standard InChI is InChI=1S/C11H19Si.C5H7Si.2C5H5.2Fe/c1-12(2)10-6-5-9-11-7-3-4-8-11;6-5-3-1-2-4-5;2*1-2-4-5-3-1;;/h3-4,7-8,12H,5-6,9-10H2,1-2H3;1-4H,6H3;2*1-5H;;. The van der Waals surface area contributed by atoms with Crippen LogP contribution in [0.2, 0.25) is 114 Å². The van der Waals surface area contributed by atoms with Crippen molar-refractivity contribution in [1.29, 1.82) is 0 Å². The zero-order valence-electron chi connectivity index (χ0n) is 18.5. The van der Waals surface area contributed by atoms with E-state index in [1.807, 2.05) is 0 Å². The first kappa shape index (κ1) is 11.9. The van der Waals surface area contributed by atoms with Gasteiger partial charge in [0.05, 0.1) is 0 Å². The van der Waals surface area contributed by atoms with Crippen LogP contribution in [0.5, 0.6) is 0 Å². The third kappa shape index (κ3) is 0.126. The molecule has 0 N–H and O–H groups in total. The Kier molecular flexibility index (Phi) is 0.389. The van der Waals surface area contributed by atoms with Gasteiger partial charge in [0.15, 0.2) is 0 Å². The molecule has 164 valence electrons. The second-order valence-corrected chi connectivity index (χ2v) is 76.0. The summed E-state index contributed by atoms with van der Waals surface area (Å²) in [6.07, 6.45) is 5.11. The summed E-state index contributed by atoms with van der Waals surface area (Å²) in [5, 5.41) is 0. The van der Waals surface area contributed by atoms with Gasteiger partial charge in [-0.25, -0.2) is 0 Å². The van der Waals surface area contributed by atoms with E-state index in [4.69, 9.17) is 0 Å². The van der Waals surface area contributed by atoms with E-state index in [1.165, 1.54) is 8.25 Å². The van der Waals surface area contributed by atoms with Gasteiger partial charge in [-0.1, -0.05) is 0 Å². The molecule has 8 unspecified atom stereocenters. The van der Waals surface area contributed by atoms with Crippen molar-refractivity contribution in [2.45, 2.75) is 133 Å². The van der Waals surface area contributed by atoms with Crippen LogP contribution in [0.25, 0.3) is 0 Å². The van der Waals surface area contributed by atoms with Crippen molar-refractivity contribution >= 4 is 19.0 Å². The van der Waals surface area contributed by atoms with Crippen LogP contribution in [0.15, 0.2) is 0 Å². The zero-order valence-corrected chi connectivity index (χ0v) is 23.9. The Bertz CT molecular complexity index is 1940. The Morgan fingerprint density at radius 1 is 0.600 bits per heavy atom. The van der Waals surface area contributed by atoms with Crippen molar-refractivity contribution in [1.82, 2.24) is 0 Å². The maximum atomic E-state index is 2.55. The van der Waals surface area contributed by atoms with E-state index in [-0.39, 0.29) is 8.80 Å². The minimum absolute atomic E-state index is 0.255. The van der Waals surface area contributed by atoms with Crippen LogP contribution in [0.4, 0.5) is 0 Å². The van der Waals surface area contributed by atoms with Crippen molar-refractivity contribution < 1.29 is 13.0 Å². The fourth-order valence-electron chi connectivity index (χ4n) is 35.6. The first-order valence-corrected chi connectivity index (χ1v) is 31.1. The predicted octanol–water partition coefficient (Wildman–Crippen LogP) is 7.47. The van der Waals surface area contributed by atoms with Gasteiger partial charge in [-0.05, 0) is 0 Å². The number of rotatable bonds is 5. The normalized spacial score (nSPS) is 134. The summed E-state index contributed by atoms with van der Waals surface area (Å²) >= 11 is 0. The molecule has 0 aromatic rings. The monoisotopic (exact) mass is 516 g/mol. The van der Waals surface area contributed by atoms with Gasteiger partial charge in [0.2, 0.25) is 0 Å². The van der Waals surface area contributed by atoms with Crippen LogP contribution in [0.3, 0.4) is 0 Å². The topological polar surface area (TPSA) is 0 Å². The Hall–Kier alpha value is 1.47. The van der Waals surface area contributed by atoms with Gasteiger partial charge in [0, 0.05) is 0 Å². The molecule has 20 heterocycles. The van der Waals surface area contributed by atoms with E-state index in [2.05, 4.69) is 13.1 Å². The summed E-state index contributed by atoms with van der Waals surface area (Å²) in [4.78, 5) is 28.5. The van der Waals surface area contributed by atoms with E-state index < -0.39 is 13.0 Å². The molecule has 8 atom stereocenters. The average Bonchev–Trinajstić information content (AvgIpc) is 3.59. The average molecular weight is 516 g/mol. The molecule has 4 heteroatoms. The fourth-order valence-corrected chi connectivity index (χ4v) is 205. The Morgan fingerprint density at radius 3 is 1.23 bits per heavy atom. The molecule has 20 aliphatic heterocycles. The molecule has 0 bridgehead atoms. The van der Waals surface area contributed by atoms with Crippen LogP contribution in [0.1, 0.15) is 19.3 Å². The summed E-state index contributed by atoms with van der Waals surface area (Å²) in [7, 11) is 1.44. The summed E-state index contributed by atoms with van der Waals surface area (Å²) < 4.78 is 2.58. The molecule has 0 aromatic carbocycles. The molecule has 20 aliphatic rings. The molecule has 30 heavy (non-hydrogen) atoms. The van der Waals surface area contributed by atoms with Crippen LogP contribution in [-0.4, -0.2) is 19.0 Å². The SMILES string of the molecule is C[SiH](C)CCCC[C]12[CH]3[CH]4[CH]5[CH]1[Fe]45321678[CH]2[CH]1[CH]6[CH]7[CH]28.[SiH3][C]12[CH]3[CH]4[CH]5[CH]1[Fe]45321678[CH]2[CH]1[CH]6[CH]7[CH]28. The molecule has 20 saturated heterocycles. The molecule has 20 rings (SSSR count). The van der Waals surface area contributed by atoms with Gasteiger partial charge < -0.3 is 0 Å². The van der Waals surface area contributed by atoms with Gasteiger partial charge in [0.1, 0.15) is 0 Å². The van der Waals surface area contributed by atoms with Gasteiger partial charge in [0.25, 0.3) is 0 Å². The second-order valence-electron chi connectivity index (χ2n) is 22.5. The molecule has 0 aliphatic carbocycles. The Labute approximate surface area is 164 Å². The summed E-state index contributed by atoms with van der Waals surface area (Å²) in [6, 6.07) is 1.65. The molecular weight excluding hydrogens is 480 g/mol.